The molecule has 0 amide bonds. The first-order valence-electron chi connectivity index (χ1n) is 5.43. The standard InChI is InChI=1S/C11H14F3N3/c1-16-4-6-17(7-5-16)9-2-3-15-10(8-9)11(12,13)14/h2-3,8H,4-7H2,1H3. The zero-order valence-corrected chi connectivity index (χ0v) is 9.54. The summed E-state index contributed by atoms with van der Waals surface area (Å²) in [4.78, 5) is 7.47. The second kappa shape index (κ2) is 4.52. The predicted octanol–water partition coefficient (Wildman–Crippen LogP) is 1.85. The van der Waals surface area contributed by atoms with Crippen molar-refractivity contribution < 1.29 is 13.2 Å². The largest absolute Gasteiger partial charge is 0.433 e. The summed E-state index contributed by atoms with van der Waals surface area (Å²) in [6.07, 6.45) is -3.15. The van der Waals surface area contributed by atoms with E-state index in [1.807, 2.05) is 11.9 Å². The van der Waals surface area contributed by atoms with Crippen LogP contribution in [-0.2, 0) is 6.18 Å². The van der Waals surface area contributed by atoms with Crippen molar-refractivity contribution in [2.24, 2.45) is 0 Å². The van der Waals surface area contributed by atoms with Crippen LogP contribution in [0.2, 0.25) is 0 Å². The van der Waals surface area contributed by atoms with E-state index in [1.165, 1.54) is 6.20 Å². The molecule has 1 saturated heterocycles. The van der Waals surface area contributed by atoms with Crippen LogP contribution in [0.25, 0.3) is 0 Å². The third kappa shape index (κ3) is 2.88. The van der Waals surface area contributed by atoms with Crippen molar-refractivity contribution in [1.29, 1.82) is 0 Å². The number of piperazine rings is 1. The first kappa shape index (κ1) is 12.2. The molecule has 17 heavy (non-hydrogen) atoms. The molecule has 94 valence electrons. The van der Waals surface area contributed by atoms with Crippen molar-refractivity contribution >= 4 is 5.69 Å². The van der Waals surface area contributed by atoms with Gasteiger partial charge in [-0.15, -0.1) is 0 Å². The minimum Gasteiger partial charge on any atom is -0.369 e. The monoisotopic (exact) mass is 245 g/mol. The first-order valence-corrected chi connectivity index (χ1v) is 5.43. The molecule has 1 aromatic heterocycles. The average molecular weight is 245 g/mol. The van der Waals surface area contributed by atoms with E-state index in [4.69, 9.17) is 0 Å². The summed E-state index contributed by atoms with van der Waals surface area (Å²) in [7, 11) is 2.00. The van der Waals surface area contributed by atoms with Crippen molar-refractivity contribution in [3.05, 3.63) is 24.0 Å². The molecule has 1 fully saturated rings. The zero-order chi connectivity index (χ0) is 12.5. The van der Waals surface area contributed by atoms with Gasteiger partial charge < -0.3 is 9.80 Å². The van der Waals surface area contributed by atoms with Gasteiger partial charge >= 0.3 is 6.18 Å². The van der Waals surface area contributed by atoms with Crippen LogP contribution in [0.15, 0.2) is 18.3 Å². The molecule has 0 saturated carbocycles. The Bertz CT molecular complexity index is 384. The molecule has 1 aliphatic heterocycles. The molecule has 1 aromatic rings. The Morgan fingerprint density at radius 1 is 1.18 bits per heavy atom. The first-order chi connectivity index (χ1) is 7.97. The fourth-order valence-electron chi connectivity index (χ4n) is 1.84. The van der Waals surface area contributed by atoms with Crippen molar-refractivity contribution in [3.63, 3.8) is 0 Å². The highest BCUT2D eigenvalue weighted by Gasteiger charge is 2.33. The molecule has 0 unspecified atom stereocenters. The molecular weight excluding hydrogens is 231 g/mol. The van der Waals surface area contributed by atoms with Crippen LogP contribution >= 0.6 is 0 Å². The maximum atomic E-state index is 12.5. The van der Waals surface area contributed by atoms with Gasteiger partial charge in [-0.3, -0.25) is 4.98 Å². The van der Waals surface area contributed by atoms with Crippen LogP contribution in [0.5, 0.6) is 0 Å². The highest BCUT2D eigenvalue weighted by molar-refractivity contribution is 5.47. The quantitative estimate of drug-likeness (QED) is 0.752. The zero-order valence-electron chi connectivity index (χ0n) is 9.54. The second-order valence-electron chi connectivity index (χ2n) is 4.19. The number of aromatic nitrogens is 1. The fraction of sp³-hybridized carbons (Fsp3) is 0.545. The highest BCUT2D eigenvalue weighted by Crippen LogP contribution is 2.29. The molecule has 3 nitrogen and oxygen atoms in total. The lowest BCUT2D eigenvalue weighted by Gasteiger charge is -2.34. The van der Waals surface area contributed by atoms with Gasteiger partial charge in [-0.1, -0.05) is 0 Å². The van der Waals surface area contributed by atoms with Crippen LogP contribution in [0.4, 0.5) is 18.9 Å². The summed E-state index contributed by atoms with van der Waals surface area (Å²) in [5, 5.41) is 0. The summed E-state index contributed by atoms with van der Waals surface area (Å²) in [6, 6.07) is 2.74. The van der Waals surface area contributed by atoms with E-state index >= 15 is 0 Å². The van der Waals surface area contributed by atoms with Gasteiger partial charge in [0.1, 0.15) is 5.69 Å². The van der Waals surface area contributed by atoms with Gasteiger partial charge in [0.05, 0.1) is 0 Å². The third-order valence-corrected chi connectivity index (χ3v) is 2.90. The number of halogens is 3. The van der Waals surface area contributed by atoms with E-state index in [1.54, 1.807) is 6.07 Å². The van der Waals surface area contributed by atoms with E-state index in [0.29, 0.717) is 5.69 Å². The summed E-state index contributed by atoms with van der Waals surface area (Å²) in [5.41, 5.74) is -0.227. The summed E-state index contributed by atoms with van der Waals surface area (Å²) >= 11 is 0. The molecule has 1 aliphatic rings. The Labute approximate surface area is 97.9 Å². The van der Waals surface area contributed by atoms with Gasteiger partial charge in [0.25, 0.3) is 0 Å². The van der Waals surface area contributed by atoms with Crippen LogP contribution < -0.4 is 4.90 Å². The minimum absolute atomic E-state index is 0.598. The summed E-state index contributed by atoms with van der Waals surface area (Å²) in [6.45, 7) is 3.23. The van der Waals surface area contributed by atoms with Crippen molar-refractivity contribution in [3.8, 4) is 0 Å². The van der Waals surface area contributed by atoms with E-state index in [0.717, 1.165) is 32.2 Å². The molecule has 0 aliphatic carbocycles. The Balaban J connectivity index is 2.16. The van der Waals surface area contributed by atoms with E-state index in [-0.39, 0.29) is 0 Å². The lowest BCUT2D eigenvalue weighted by Crippen LogP contribution is -2.44. The molecule has 0 aromatic carbocycles. The number of pyridine rings is 1. The number of nitrogens with zero attached hydrogens (tertiary/aromatic N) is 3. The van der Waals surface area contributed by atoms with E-state index in [9.17, 15) is 13.2 Å². The van der Waals surface area contributed by atoms with Gasteiger partial charge in [0, 0.05) is 38.1 Å². The van der Waals surface area contributed by atoms with E-state index < -0.39 is 11.9 Å². The van der Waals surface area contributed by atoms with Crippen molar-refractivity contribution in [2.75, 3.05) is 38.1 Å². The molecule has 6 heteroatoms. The van der Waals surface area contributed by atoms with Gasteiger partial charge in [-0.25, -0.2) is 0 Å². The maximum Gasteiger partial charge on any atom is 0.433 e. The lowest BCUT2D eigenvalue weighted by molar-refractivity contribution is -0.141. The molecule has 0 atom stereocenters. The Kier molecular flexibility index (Phi) is 3.24. The molecule has 0 N–H and O–H groups in total. The smallest absolute Gasteiger partial charge is 0.369 e. The minimum atomic E-state index is -4.37. The third-order valence-electron chi connectivity index (χ3n) is 2.90. The normalized spacial score (nSPS) is 18.5. The summed E-state index contributed by atoms with van der Waals surface area (Å²) in [5.74, 6) is 0. The molecule has 0 radical (unpaired) electrons. The SMILES string of the molecule is CN1CCN(c2ccnc(C(F)(F)F)c2)CC1. The molecule has 0 spiro atoms. The Morgan fingerprint density at radius 2 is 1.82 bits per heavy atom. The molecule has 0 bridgehead atoms. The lowest BCUT2D eigenvalue weighted by atomic mass is 10.2. The number of hydrogen-bond acceptors (Lipinski definition) is 3. The van der Waals surface area contributed by atoms with Crippen molar-refractivity contribution in [1.82, 2.24) is 9.88 Å². The van der Waals surface area contributed by atoms with Crippen LogP contribution in [0.3, 0.4) is 0 Å². The average Bonchev–Trinajstić information content (AvgIpc) is 2.29. The van der Waals surface area contributed by atoms with Gasteiger partial charge in [-0.05, 0) is 19.2 Å². The molecule has 2 rings (SSSR count). The fourth-order valence-corrected chi connectivity index (χ4v) is 1.84. The number of hydrogen-bond donors (Lipinski definition) is 0. The maximum absolute atomic E-state index is 12.5. The van der Waals surface area contributed by atoms with Gasteiger partial charge in [-0.2, -0.15) is 13.2 Å². The van der Waals surface area contributed by atoms with Crippen LogP contribution in [0, 0.1) is 0 Å². The number of rotatable bonds is 1. The van der Waals surface area contributed by atoms with Gasteiger partial charge in [0.2, 0.25) is 0 Å². The van der Waals surface area contributed by atoms with Crippen LogP contribution in [-0.4, -0.2) is 43.1 Å². The van der Waals surface area contributed by atoms with Crippen molar-refractivity contribution in [2.45, 2.75) is 6.18 Å². The molecule has 2 heterocycles. The van der Waals surface area contributed by atoms with Gasteiger partial charge in [0.15, 0.2) is 0 Å². The highest BCUT2D eigenvalue weighted by atomic mass is 19.4. The Hall–Kier alpha value is -1.30. The number of anilines is 1. The molecular formula is C11H14F3N3. The van der Waals surface area contributed by atoms with Crippen LogP contribution in [0.1, 0.15) is 5.69 Å². The van der Waals surface area contributed by atoms with E-state index in [2.05, 4.69) is 9.88 Å². The predicted molar refractivity (Wildman–Crippen MR) is 58.9 cm³/mol. The summed E-state index contributed by atoms with van der Waals surface area (Å²) < 4.78 is 37.5. The topological polar surface area (TPSA) is 19.4 Å². The Morgan fingerprint density at radius 3 is 2.41 bits per heavy atom. The second-order valence-corrected chi connectivity index (χ2v) is 4.19. The number of likely N-dealkylation sites (N-methyl/N-ethyl adjacent to an activating group) is 1. The number of alkyl halides is 3.